The van der Waals surface area contributed by atoms with Crippen molar-refractivity contribution in [3.05, 3.63) is 35.3 Å². The molecule has 3 N–H and O–H groups in total. The van der Waals surface area contributed by atoms with Crippen LogP contribution in [0, 0.1) is 17.7 Å². The molecule has 0 bridgehead atoms. The fraction of sp³-hybridized carbons (Fsp3) is 0.550. The number of hydrogen-bond acceptors (Lipinski definition) is 3. The summed E-state index contributed by atoms with van der Waals surface area (Å²) in [7, 11) is 0. The van der Waals surface area contributed by atoms with E-state index in [-0.39, 0.29) is 5.82 Å². The van der Waals surface area contributed by atoms with Gasteiger partial charge in [-0.15, -0.1) is 0 Å². The second-order valence-electron chi connectivity index (χ2n) is 7.81. The van der Waals surface area contributed by atoms with E-state index in [9.17, 15) is 4.39 Å². The van der Waals surface area contributed by atoms with Gasteiger partial charge in [0.05, 0.1) is 0 Å². The van der Waals surface area contributed by atoms with Crippen molar-refractivity contribution < 1.29 is 4.39 Å². The van der Waals surface area contributed by atoms with Crippen LogP contribution < -0.4 is 12.3 Å². The van der Waals surface area contributed by atoms with Crippen LogP contribution in [0.25, 0.3) is 0 Å². The van der Waals surface area contributed by atoms with E-state index in [1.165, 1.54) is 34.9 Å². The summed E-state index contributed by atoms with van der Waals surface area (Å²) in [4.78, 5) is 2.25. The fourth-order valence-electron chi connectivity index (χ4n) is 4.37. The fourth-order valence-corrected chi connectivity index (χ4v) is 8.50. The topological polar surface area (TPSA) is 52.7 Å². The molecule has 0 radical (unpaired) electrons. The normalized spacial score (nSPS) is 24.0. The van der Waals surface area contributed by atoms with E-state index in [0.29, 0.717) is 24.0 Å². The maximum absolute atomic E-state index is 14.8. The Hall–Kier alpha value is -1.06. The number of anilines is 2. The van der Waals surface area contributed by atoms with Gasteiger partial charge in [-0.1, -0.05) is 20.3 Å². The van der Waals surface area contributed by atoms with Crippen LogP contribution >= 0.6 is 0 Å². The van der Waals surface area contributed by atoms with Crippen LogP contribution in [0.2, 0.25) is 4.87 Å². The molecule has 1 aliphatic heterocycles. The third-order valence-corrected chi connectivity index (χ3v) is 11.4. The van der Waals surface area contributed by atoms with E-state index in [2.05, 4.69) is 49.8 Å². The van der Waals surface area contributed by atoms with E-state index in [1.807, 2.05) is 6.07 Å². The Labute approximate surface area is 162 Å². The molecule has 26 heavy (non-hydrogen) atoms. The third-order valence-electron chi connectivity index (χ3n) is 6.29. The molecule has 0 amide bonds. The van der Waals surface area contributed by atoms with Crippen molar-refractivity contribution in [2.45, 2.75) is 56.9 Å². The number of H-pyrrole nitrogens is 1. The number of halogens is 1. The molecule has 0 saturated heterocycles. The standard InChI is InChI=1S/C19H25FN4.CH3.Sb/c1-3-12(2)13-7-8-14(9-13)17-10-18(24-23-17)22-16-6-4-5-15(11-21)19(16)20;;/h4,6,10,12-14,21H,3,7-9,11H2,1-2H3,(H2,22,23,24);1H3;/q-1;;+1. The van der Waals surface area contributed by atoms with Gasteiger partial charge in [-0.25, -0.2) is 0 Å². The van der Waals surface area contributed by atoms with Crippen LogP contribution in [-0.4, -0.2) is 30.7 Å². The molecule has 3 atom stereocenters. The number of rotatable bonds is 5. The second kappa shape index (κ2) is 7.52. The summed E-state index contributed by atoms with van der Waals surface area (Å²) in [5.41, 5.74) is 2.57. The van der Waals surface area contributed by atoms with Crippen molar-refractivity contribution in [1.29, 1.82) is 0 Å². The Bertz CT molecular complexity index is 790. The Kier molecular flexibility index (Phi) is 5.29. The predicted molar refractivity (Wildman–Crippen MR) is 106 cm³/mol. The van der Waals surface area contributed by atoms with Gasteiger partial charge in [0.1, 0.15) is 0 Å². The summed E-state index contributed by atoms with van der Waals surface area (Å²) in [5, 5.41) is 10.8. The molecule has 2 aromatic rings. The van der Waals surface area contributed by atoms with E-state index in [0.717, 1.165) is 17.4 Å². The summed E-state index contributed by atoms with van der Waals surface area (Å²) >= 11 is -1.58. The average Bonchev–Trinajstić information content (AvgIpc) is 3.37. The molecule has 6 heteroatoms. The Morgan fingerprint density at radius 3 is 3.04 bits per heavy atom. The van der Waals surface area contributed by atoms with Gasteiger partial charge < -0.3 is 0 Å². The molecule has 1 saturated carbocycles. The van der Waals surface area contributed by atoms with Crippen LogP contribution in [0.3, 0.4) is 0 Å². The van der Waals surface area contributed by atoms with Crippen molar-refractivity contribution in [1.82, 2.24) is 13.7 Å². The molecule has 2 heterocycles. The minimum atomic E-state index is -1.58. The molecular formula is C20H28FN4Sb. The molecule has 1 fully saturated rings. The van der Waals surface area contributed by atoms with E-state index >= 15 is 0 Å². The number of nitrogens with one attached hydrogen (secondary N) is 3. The Balaban J connectivity index is 1.47. The second-order valence-corrected chi connectivity index (χ2v) is 13.3. The van der Waals surface area contributed by atoms with E-state index < -0.39 is 20.5 Å². The molecule has 1 aromatic heterocycles. The zero-order valence-electron chi connectivity index (χ0n) is 15.8. The van der Waals surface area contributed by atoms with Crippen molar-refractivity contribution in [3.8, 4) is 0 Å². The SMILES string of the molecule is CCC(C)C1CCC(c2cc(Nc3cc[c]4c(c3F)C[NH][Sb]4[CH3])n[nH]2)C1. The number of hydrogen-bond donors (Lipinski definition) is 3. The van der Waals surface area contributed by atoms with Crippen molar-refractivity contribution in [2.75, 3.05) is 5.32 Å². The first-order chi connectivity index (χ1) is 12.6. The maximum atomic E-state index is 14.8. The number of nitrogens with zero attached hydrogens (tertiary/aromatic N) is 1. The molecule has 1 aromatic carbocycles. The van der Waals surface area contributed by atoms with Crippen LogP contribution in [0.15, 0.2) is 18.2 Å². The molecule has 3 unspecified atom stereocenters. The van der Waals surface area contributed by atoms with Gasteiger partial charge in [-0.3, -0.25) is 0 Å². The molecular weight excluding hydrogens is 437 g/mol. The zero-order valence-corrected chi connectivity index (χ0v) is 18.3. The van der Waals surface area contributed by atoms with Gasteiger partial charge in [0.25, 0.3) is 0 Å². The van der Waals surface area contributed by atoms with Crippen molar-refractivity contribution in [2.24, 2.45) is 11.8 Å². The van der Waals surface area contributed by atoms with Crippen LogP contribution in [0.1, 0.15) is 56.7 Å². The van der Waals surface area contributed by atoms with Gasteiger partial charge >= 0.3 is 143 Å². The zero-order chi connectivity index (χ0) is 18.3. The number of benzene rings is 1. The van der Waals surface area contributed by atoms with Gasteiger partial charge in [-0.2, -0.15) is 0 Å². The first kappa shape index (κ1) is 18.3. The number of fused-ring (bicyclic) bond motifs is 1. The molecule has 1 aliphatic carbocycles. The first-order valence-corrected chi connectivity index (χ1v) is 14.8. The summed E-state index contributed by atoms with van der Waals surface area (Å²) in [5.74, 6) is 2.76. The average molecular weight is 465 g/mol. The Morgan fingerprint density at radius 1 is 1.38 bits per heavy atom. The van der Waals surface area contributed by atoms with Gasteiger partial charge in [0.15, 0.2) is 0 Å². The summed E-state index contributed by atoms with van der Waals surface area (Å²) in [6.45, 7) is 5.31. The summed E-state index contributed by atoms with van der Waals surface area (Å²) in [6, 6.07) is 6.02. The van der Waals surface area contributed by atoms with Crippen LogP contribution in [0.5, 0.6) is 0 Å². The quantitative estimate of drug-likeness (QED) is 0.582. The molecule has 4 nitrogen and oxygen atoms in total. The number of aromatic nitrogens is 2. The Morgan fingerprint density at radius 2 is 2.23 bits per heavy atom. The van der Waals surface area contributed by atoms with Crippen molar-refractivity contribution >= 4 is 35.5 Å². The summed E-state index contributed by atoms with van der Waals surface area (Å²) < 4.78 is 19.5. The molecule has 0 spiro atoms. The van der Waals surface area contributed by atoms with Crippen molar-refractivity contribution in [3.63, 3.8) is 0 Å². The van der Waals surface area contributed by atoms with Gasteiger partial charge in [-0.05, 0) is 0 Å². The monoisotopic (exact) mass is 464 g/mol. The van der Waals surface area contributed by atoms with Crippen LogP contribution in [-0.2, 0) is 6.54 Å². The van der Waals surface area contributed by atoms with Gasteiger partial charge in [0, 0.05) is 0 Å². The first-order valence-electron chi connectivity index (χ1n) is 9.67. The minimum absolute atomic E-state index is 0.119. The predicted octanol–water partition coefficient (Wildman–Crippen LogP) is 4.15. The molecule has 4 rings (SSSR count). The van der Waals surface area contributed by atoms with E-state index in [1.54, 1.807) is 0 Å². The molecule has 2 aliphatic rings. The van der Waals surface area contributed by atoms with Gasteiger partial charge in [0.2, 0.25) is 0 Å². The van der Waals surface area contributed by atoms with E-state index in [4.69, 9.17) is 0 Å². The molecule has 140 valence electrons. The third kappa shape index (κ3) is 3.41. The van der Waals surface area contributed by atoms with Crippen LogP contribution in [0.4, 0.5) is 15.9 Å². The number of aromatic amines is 1. The summed E-state index contributed by atoms with van der Waals surface area (Å²) in [6.07, 6.45) is 5.01.